The third-order valence-corrected chi connectivity index (χ3v) is 2.95. The van der Waals surface area contributed by atoms with Gasteiger partial charge in [-0.15, -0.1) is 0 Å². The molecule has 1 aliphatic rings. The molecule has 5 heteroatoms. The van der Waals surface area contributed by atoms with E-state index < -0.39 is 28.8 Å². The Morgan fingerprint density at radius 2 is 1.88 bits per heavy atom. The van der Waals surface area contributed by atoms with E-state index in [1.165, 1.54) is 0 Å². The largest absolute Gasteiger partial charge is 0.481 e. The van der Waals surface area contributed by atoms with Crippen LogP contribution in [-0.4, -0.2) is 11.1 Å². The molecule has 0 amide bonds. The van der Waals surface area contributed by atoms with Gasteiger partial charge in [0.25, 0.3) is 0 Å². The summed E-state index contributed by atoms with van der Waals surface area (Å²) in [5, 5.41) is 8.89. The van der Waals surface area contributed by atoms with E-state index in [9.17, 15) is 18.0 Å². The molecule has 0 unspecified atom stereocenters. The van der Waals surface area contributed by atoms with Crippen molar-refractivity contribution >= 4 is 5.97 Å². The van der Waals surface area contributed by atoms with Gasteiger partial charge < -0.3 is 5.11 Å². The Morgan fingerprint density at radius 1 is 1.25 bits per heavy atom. The number of rotatable bonds is 3. The predicted molar refractivity (Wildman–Crippen MR) is 49.3 cm³/mol. The van der Waals surface area contributed by atoms with Gasteiger partial charge in [-0.3, -0.25) is 4.79 Å². The van der Waals surface area contributed by atoms with Gasteiger partial charge >= 0.3 is 5.97 Å². The molecule has 1 aromatic rings. The fourth-order valence-electron chi connectivity index (χ4n) is 1.68. The Morgan fingerprint density at radius 3 is 2.38 bits per heavy atom. The highest BCUT2D eigenvalue weighted by atomic mass is 19.2. The first-order valence-electron chi connectivity index (χ1n) is 4.82. The van der Waals surface area contributed by atoms with Gasteiger partial charge in [0.05, 0.1) is 5.41 Å². The molecule has 0 aromatic heterocycles. The third-order valence-electron chi connectivity index (χ3n) is 2.95. The summed E-state index contributed by atoms with van der Waals surface area (Å²) in [6.07, 6.45) is 0.799. The Bertz CT molecular complexity index is 453. The van der Waals surface area contributed by atoms with Gasteiger partial charge in [0.15, 0.2) is 17.5 Å². The average Bonchev–Trinajstić information content (AvgIpc) is 3.00. The van der Waals surface area contributed by atoms with E-state index in [-0.39, 0.29) is 12.0 Å². The number of carboxylic acids is 1. The maximum atomic E-state index is 13.3. The van der Waals surface area contributed by atoms with Crippen molar-refractivity contribution in [1.29, 1.82) is 0 Å². The summed E-state index contributed by atoms with van der Waals surface area (Å²) in [5.74, 6) is -5.11. The first-order valence-corrected chi connectivity index (χ1v) is 4.82. The summed E-state index contributed by atoms with van der Waals surface area (Å²) < 4.78 is 38.8. The highest BCUT2D eigenvalue weighted by Gasteiger charge is 2.50. The SMILES string of the molecule is O=C(O)C1(Cc2ccc(F)c(F)c2F)CC1. The van der Waals surface area contributed by atoms with Crippen LogP contribution in [0.15, 0.2) is 12.1 Å². The molecule has 0 heterocycles. The third kappa shape index (κ3) is 1.66. The number of halogens is 3. The van der Waals surface area contributed by atoms with Crippen LogP contribution in [0.2, 0.25) is 0 Å². The van der Waals surface area contributed by atoms with Crippen LogP contribution >= 0.6 is 0 Å². The Hall–Kier alpha value is -1.52. The van der Waals surface area contributed by atoms with E-state index in [4.69, 9.17) is 5.11 Å². The zero-order chi connectivity index (χ0) is 11.9. The fourth-order valence-corrected chi connectivity index (χ4v) is 1.68. The quantitative estimate of drug-likeness (QED) is 0.810. The number of benzene rings is 1. The van der Waals surface area contributed by atoms with E-state index in [2.05, 4.69) is 0 Å². The lowest BCUT2D eigenvalue weighted by Crippen LogP contribution is -2.18. The van der Waals surface area contributed by atoms with Crippen molar-refractivity contribution in [3.8, 4) is 0 Å². The smallest absolute Gasteiger partial charge is 0.309 e. The standard InChI is InChI=1S/C11H9F3O2/c12-7-2-1-6(8(13)9(7)14)5-11(3-4-11)10(15)16/h1-2H,3-5H2,(H,15,16). The van der Waals surface area contributed by atoms with Crippen LogP contribution in [0.1, 0.15) is 18.4 Å². The van der Waals surface area contributed by atoms with Crippen molar-refractivity contribution in [1.82, 2.24) is 0 Å². The summed E-state index contributed by atoms with van der Waals surface area (Å²) in [5.41, 5.74) is -1.07. The molecule has 0 radical (unpaired) electrons. The number of carboxylic acid groups (broad SMARTS) is 1. The van der Waals surface area contributed by atoms with Crippen LogP contribution in [0.5, 0.6) is 0 Å². The Balaban J connectivity index is 2.30. The molecular formula is C11H9F3O2. The summed E-state index contributed by atoms with van der Waals surface area (Å²) in [6, 6.07) is 1.91. The molecule has 0 aliphatic heterocycles. The summed E-state index contributed by atoms with van der Waals surface area (Å²) in [7, 11) is 0. The van der Waals surface area contributed by atoms with Crippen LogP contribution in [0.4, 0.5) is 13.2 Å². The van der Waals surface area contributed by atoms with E-state index in [1.54, 1.807) is 0 Å². The van der Waals surface area contributed by atoms with Crippen molar-refractivity contribution in [3.63, 3.8) is 0 Å². The predicted octanol–water partition coefficient (Wildman–Crippen LogP) is 2.51. The normalized spacial score (nSPS) is 17.2. The summed E-state index contributed by atoms with van der Waals surface area (Å²) in [4.78, 5) is 10.9. The fraction of sp³-hybridized carbons (Fsp3) is 0.364. The second-order valence-electron chi connectivity index (χ2n) is 4.10. The van der Waals surface area contributed by atoms with Crippen molar-refractivity contribution in [3.05, 3.63) is 35.1 Å². The molecule has 2 nitrogen and oxygen atoms in total. The molecular weight excluding hydrogens is 221 g/mol. The minimum absolute atomic E-state index is 0.0844. The van der Waals surface area contributed by atoms with E-state index >= 15 is 0 Å². The zero-order valence-corrected chi connectivity index (χ0v) is 8.27. The second-order valence-corrected chi connectivity index (χ2v) is 4.10. The Labute approximate surface area is 89.7 Å². The molecule has 1 fully saturated rings. The van der Waals surface area contributed by atoms with E-state index in [0.717, 1.165) is 12.1 Å². The van der Waals surface area contributed by atoms with Gasteiger partial charge in [-0.2, -0.15) is 0 Å². The van der Waals surface area contributed by atoms with Crippen LogP contribution in [-0.2, 0) is 11.2 Å². The molecule has 0 spiro atoms. The summed E-state index contributed by atoms with van der Waals surface area (Å²) >= 11 is 0. The maximum Gasteiger partial charge on any atom is 0.309 e. The molecule has 2 rings (SSSR count). The lowest BCUT2D eigenvalue weighted by molar-refractivity contribution is -0.143. The zero-order valence-electron chi connectivity index (χ0n) is 8.27. The molecule has 1 N–H and O–H groups in total. The highest BCUT2D eigenvalue weighted by Crippen LogP contribution is 2.48. The summed E-state index contributed by atoms with van der Waals surface area (Å²) in [6.45, 7) is 0. The average molecular weight is 230 g/mol. The molecule has 1 aliphatic carbocycles. The van der Waals surface area contributed by atoms with E-state index in [1.807, 2.05) is 0 Å². The molecule has 1 saturated carbocycles. The number of aliphatic carboxylic acids is 1. The monoisotopic (exact) mass is 230 g/mol. The van der Waals surface area contributed by atoms with Crippen LogP contribution in [0.25, 0.3) is 0 Å². The first kappa shape index (κ1) is 11.0. The van der Waals surface area contributed by atoms with Crippen molar-refractivity contribution < 1.29 is 23.1 Å². The molecule has 1 aromatic carbocycles. The topological polar surface area (TPSA) is 37.3 Å². The minimum atomic E-state index is -1.54. The molecule has 0 bridgehead atoms. The molecule has 86 valence electrons. The maximum absolute atomic E-state index is 13.3. The van der Waals surface area contributed by atoms with Gasteiger partial charge in [0.1, 0.15) is 0 Å². The number of hydrogen-bond donors (Lipinski definition) is 1. The molecule has 0 saturated heterocycles. The number of hydrogen-bond acceptors (Lipinski definition) is 1. The van der Waals surface area contributed by atoms with Gasteiger partial charge in [0, 0.05) is 0 Å². The van der Waals surface area contributed by atoms with Gasteiger partial charge in [0.2, 0.25) is 0 Å². The highest BCUT2D eigenvalue weighted by molar-refractivity contribution is 5.78. The van der Waals surface area contributed by atoms with Gasteiger partial charge in [-0.25, -0.2) is 13.2 Å². The Kier molecular flexibility index (Phi) is 2.40. The second kappa shape index (κ2) is 3.50. The lowest BCUT2D eigenvalue weighted by atomic mass is 9.96. The van der Waals surface area contributed by atoms with Crippen molar-refractivity contribution in [2.75, 3.05) is 0 Å². The van der Waals surface area contributed by atoms with E-state index in [0.29, 0.717) is 12.8 Å². The first-order chi connectivity index (χ1) is 7.46. The number of carbonyl (C=O) groups is 1. The van der Waals surface area contributed by atoms with Crippen molar-refractivity contribution in [2.45, 2.75) is 19.3 Å². The molecule has 16 heavy (non-hydrogen) atoms. The lowest BCUT2D eigenvalue weighted by Gasteiger charge is -2.10. The van der Waals surface area contributed by atoms with Crippen LogP contribution < -0.4 is 0 Å². The van der Waals surface area contributed by atoms with Crippen molar-refractivity contribution in [2.24, 2.45) is 5.41 Å². The van der Waals surface area contributed by atoms with Crippen LogP contribution in [0.3, 0.4) is 0 Å². The minimum Gasteiger partial charge on any atom is -0.481 e. The molecule has 0 atom stereocenters. The van der Waals surface area contributed by atoms with Crippen LogP contribution in [0, 0.1) is 22.9 Å². The van der Waals surface area contributed by atoms with Gasteiger partial charge in [-0.1, -0.05) is 6.07 Å². The van der Waals surface area contributed by atoms with Gasteiger partial charge in [-0.05, 0) is 30.9 Å².